The number of nitrogens with one attached hydrogen (secondary N) is 1. The number of amides is 1. The molecule has 3 aromatic carbocycles. The number of carboxylic acids is 1. The molecule has 0 unspecified atom stereocenters. The van der Waals surface area contributed by atoms with E-state index in [-0.39, 0.29) is 23.8 Å². The molecule has 6 heteroatoms. The average molecular weight is 391 g/mol. The van der Waals surface area contributed by atoms with Crippen molar-refractivity contribution < 1.29 is 23.8 Å². The van der Waals surface area contributed by atoms with Gasteiger partial charge in [-0.05, 0) is 46.9 Å². The van der Waals surface area contributed by atoms with Gasteiger partial charge in [0.05, 0.1) is 11.3 Å². The summed E-state index contributed by atoms with van der Waals surface area (Å²) in [7, 11) is 0. The number of aromatic carboxylic acids is 1. The van der Waals surface area contributed by atoms with Crippen molar-refractivity contribution in [2.75, 3.05) is 11.9 Å². The fourth-order valence-electron chi connectivity index (χ4n) is 3.76. The molecule has 0 radical (unpaired) electrons. The van der Waals surface area contributed by atoms with Crippen molar-refractivity contribution in [3.8, 4) is 11.1 Å². The summed E-state index contributed by atoms with van der Waals surface area (Å²) in [5.74, 6) is -2.16. The zero-order chi connectivity index (χ0) is 20.5. The molecule has 1 amide bonds. The second-order valence-corrected chi connectivity index (χ2v) is 6.91. The molecule has 0 saturated carbocycles. The van der Waals surface area contributed by atoms with Crippen LogP contribution in [0.2, 0.25) is 0 Å². The lowest BCUT2D eigenvalue weighted by Crippen LogP contribution is -2.19. The highest BCUT2D eigenvalue weighted by Crippen LogP contribution is 2.44. The highest BCUT2D eigenvalue weighted by Gasteiger charge is 2.29. The number of benzene rings is 3. The first-order chi connectivity index (χ1) is 14.0. The SMILES string of the molecule is Cc1cc(C(=O)O)cc(F)c1NC(=O)OCC1c2ccccc2-c2ccccc21. The molecule has 0 atom stereocenters. The van der Waals surface area contributed by atoms with E-state index in [2.05, 4.69) is 5.32 Å². The summed E-state index contributed by atoms with van der Waals surface area (Å²) in [5.41, 5.74) is 4.41. The minimum absolute atomic E-state index is 0.0905. The molecule has 0 heterocycles. The molecule has 0 aliphatic heterocycles. The van der Waals surface area contributed by atoms with Crippen molar-refractivity contribution in [3.05, 3.63) is 88.7 Å². The van der Waals surface area contributed by atoms with Gasteiger partial charge in [-0.3, -0.25) is 5.32 Å². The molecule has 0 saturated heterocycles. The lowest BCUT2D eigenvalue weighted by molar-refractivity contribution is 0.0696. The molecule has 146 valence electrons. The maximum Gasteiger partial charge on any atom is 0.411 e. The van der Waals surface area contributed by atoms with Gasteiger partial charge in [-0.2, -0.15) is 0 Å². The van der Waals surface area contributed by atoms with Gasteiger partial charge in [0.2, 0.25) is 0 Å². The van der Waals surface area contributed by atoms with Gasteiger partial charge in [0, 0.05) is 5.92 Å². The van der Waals surface area contributed by atoms with E-state index in [1.165, 1.54) is 13.0 Å². The Morgan fingerprint density at radius 1 is 1.03 bits per heavy atom. The van der Waals surface area contributed by atoms with Crippen LogP contribution in [0.25, 0.3) is 11.1 Å². The van der Waals surface area contributed by atoms with Crippen LogP contribution in [0, 0.1) is 12.7 Å². The van der Waals surface area contributed by atoms with E-state index in [1.807, 2.05) is 48.5 Å². The molecule has 3 aromatic rings. The lowest BCUT2D eigenvalue weighted by Gasteiger charge is -2.15. The Morgan fingerprint density at radius 3 is 2.17 bits per heavy atom. The molecular formula is C23H18FNO4. The summed E-state index contributed by atoms with van der Waals surface area (Å²) >= 11 is 0. The Bertz CT molecular complexity index is 1060. The van der Waals surface area contributed by atoms with E-state index in [4.69, 9.17) is 9.84 Å². The number of hydrogen-bond donors (Lipinski definition) is 2. The van der Waals surface area contributed by atoms with Crippen molar-refractivity contribution in [2.24, 2.45) is 0 Å². The third kappa shape index (κ3) is 3.45. The van der Waals surface area contributed by atoms with Crippen LogP contribution in [-0.2, 0) is 4.74 Å². The average Bonchev–Trinajstić information content (AvgIpc) is 3.03. The number of aryl methyl sites for hydroxylation is 1. The molecule has 1 aliphatic carbocycles. The van der Waals surface area contributed by atoms with Crippen LogP contribution in [0.4, 0.5) is 14.9 Å². The predicted molar refractivity (Wildman–Crippen MR) is 107 cm³/mol. The molecule has 0 fully saturated rings. The Morgan fingerprint density at radius 2 is 1.62 bits per heavy atom. The van der Waals surface area contributed by atoms with E-state index in [1.54, 1.807) is 0 Å². The smallest absolute Gasteiger partial charge is 0.411 e. The number of rotatable bonds is 4. The third-order valence-electron chi connectivity index (χ3n) is 5.11. The van der Waals surface area contributed by atoms with Crippen LogP contribution in [0.1, 0.15) is 33.0 Å². The highest BCUT2D eigenvalue weighted by atomic mass is 19.1. The predicted octanol–water partition coefficient (Wildman–Crippen LogP) is 5.19. The van der Waals surface area contributed by atoms with Crippen molar-refractivity contribution in [1.29, 1.82) is 0 Å². The summed E-state index contributed by atoms with van der Waals surface area (Å²) in [4.78, 5) is 23.3. The first-order valence-corrected chi connectivity index (χ1v) is 9.11. The van der Waals surface area contributed by atoms with Crippen molar-refractivity contribution >= 4 is 17.7 Å². The number of carbonyl (C=O) groups is 2. The van der Waals surface area contributed by atoms with Gasteiger partial charge in [0.1, 0.15) is 12.4 Å². The first kappa shape index (κ1) is 18.7. The van der Waals surface area contributed by atoms with Gasteiger partial charge in [-0.15, -0.1) is 0 Å². The monoisotopic (exact) mass is 391 g/mol. The van der Waals surface area contributed by atoms with Gasteiger partial charge < -0.3 is 9.84 Å². The number of fused-ring (bicyclic) bond motifs is 3. The van der Waals surface area contributed by atoms with E-state index >= 15 is 0 Å². The lowest BCUT2D eigenvalue weighted by atomic mass is 9.98. The Hall–Kier alpha value is -3.67. The van der Waals surface area contributed by atoms with Crippen LogP contribution in [0.5, 0.6) is 0 Å². The fraction of sp³-hybridized carbons (Fsp3) is 0.130. The molecule has 2 N–H and O–H groups in total. The number of halogens is 1. The van der Waals surface area contributed by atoms with Gasteiger partial charge >= 0.3 is 12.1 Å². The Balaban J connectivity index is 1.51. The summed E-state index contributed by atoms with van der Waals surface area (Å²) in [6, 6.07) is 18.1. The molecule has 4 rings (SSSR count). The van der Waals surface area contributed by atoms with Crippen LogP contribution < -0.4 is 5.32 Å². The summed E-state index contributed by atoms with van der Waals surface area (Å²) < 4.78 is 19.6. The van der Waals surface area contributed by atoms with Crippen LogP contribution in [0.15, 0.2) is 60.7 Å². The van der Waals surface area contributed by atoms with E-state index in [0.717, 1.165) is 28.3 Å². The largest absolute Gasteiger partial charge is 0.478 e. The zero-order valence-electron chi connectivity index (χ0n) is 15.6. The van der Waals surface area contributed by atoms with E-state index < -0.39 is 17.9 Å². The fourth-order valence-corrected chi connectivity index (χ4v) is 3.76. The Kier molecular flexibility index (Phi) is 4.76. The summed E-state index contributed by atoms with van der Waals surface area (Å²) in [5, 5.41) is 11.4. The zero-order valence-corrected chi connectivity index (χ0v) is 15.6. The minimum Gasteiger partial charge on any atom is -0.478 e. The van der Waals surface area contributed by atoms with Gasteiger partial charge in [-0.1, -0.05) is 48.5 Å². The van der Waals surface area contributed by atoms with Gasteiger partial charge in [0.25, 0.3) is 0 Å². The molecule has 5 nitrogen and oxygen atoms in total. The summed E-state index contributed by atoms with van der Waals surface area (Å²) in [6.45, 7) is 1.63. The summed E-state index contributed by atoms with van der Waals surface area (Å²) in [6.07, 6.45) is -0.795. The topological polar surface area (TPSA) is 75.6 Å². The molecule has 0 aromatic heterocycles. The minimum atomic E-state index is -1.24. The van der Waals surface area contributed by atoms with Gasteiger partial charge in [-0.25, -0.2) is 14.0 Å². The maximum atomic E-state index is 14.2. The molecule has 0 spiro atoms. The van der Waals surface area contributed by atoms with E-state index in [0.29, 0.717) is 5.56 Å². The van der Waals surface area contributed by atoms with Crippen LogP contribution in [0.3, 0.4) is 0 Å². The number of ether oxygens (including phenoxy) is 1. The number of hydrogen-bond acceptors (Lipinski definition) is 3. The normalized spacial score (nSPS) is 12.2. The van der Waals surface area contributed by atoms with Crippen LogP contribution >= 0.6 is 0 Å². The quantitative estimate of drug-likeness (QED) is 0.641. The Labute approximate surface area is 166 Å². The molecule has 1 aliphatic rings. The maximum absolute atomic E-state index is 14.2. The van der Waals surface area contributed by atoms with Crippen molar-refractivity contribution in [3.63, 3.8) is 0 Å². The standard InChI is InChI=1S/C23H18FNO4/c1-13-10-14(22(26)27)11-20(24)21(13)25-23(28)29-12-19-17-8-4-2-6-15(17)16-7-3-5-9-18(16)19/h2-11,19H,12H2,1H3,(H,25,28)(H,26,27). The second-order valence-electron chi connectivity index (χ2n) is 6.91. The van der Waals surface area contributed by atoms with Gasteiger partial charge in [0.15, 0.2) is 0 Å². The highest BCUT2D eigenvalue weighted by molar-refractivity contribution is 5.91. The van der Waals surface area contributed by atoms with Crippen LogP contribution in [-0.4, -0.2) is 23.8 Å². The third-order valence-corrected chi connectivity index (χ3v) is 5.11. The second kappa shape index (κ2) is 7.39. The molecular weight excluding hydrogens is 373 g/mol. The number of anilines is 1. The van der Waals surface area contributed by atoms with Crippen molar-refractivity contribution in [2.45, 2.75) is 12.8 Å². The van der Waals surface area contributed by atoms with Crippen molar-refractivity contribution in [1.82, 2.24) is 0 Å². The first-order valence-electron chi connectivity index (χ1n) is 9.11. The van der Waals surface area contributed by atoms with E-state index in [9.17, 15) is 14.0 Å². The number of carboxylic acid groups (broad SMARTS) is 1. The molecule has 0 bridgehead atoms. The molecule has 29 heavy (non-hydrogen) atoms. The number of carbonyl (C=O) groups excluding carboxylic acids is 1.